The predicted molar refractivity (Wildman–Crippen MR) is 56.8 cm³/mol. The van der Waals surface area contributed by atoms with Crippen molar-refractivity contribution in [3.05, 3.63) is 16.6 Å². The number of hydrogen-bond acceptors (Lipinski definition) is 4. The molecule has 0 aromatic carbocycles. The van der Waals surface area contributed by atoms with E-state index in [1.807, 2.05) is 23.5 Å². The van der Waals surface area contributed by atoms with Crippen LogP contribution in [0.1, 0.15) is 11.8 Å². The van der Waals surface area contributed by atoms with Gasteiger partial charge in [0, 0.05) is 29.4 Å². The monoisotopic (exact) mass is 202 g/mol. The van der Waals surface area contributed by atoms with Crippen LogP contribution in [0.4, 0.5) is 0 Å². The molecule has 0 radical (unpaired) electrons. The Bertz CT molecular complexity index is 199. The molecule has 0 spiro atoms. The number of thiazole rings is 1. The highest BCUT2D eigenvalue weighted by atomic mass is 32.2. The fourth-order valence-corrected chi connectivity index (χ4v) is 1.66. The molecule has 0 saturated heterocycles. The second-order valence-electron chi connectivity index (χ2n) is 2.64. The summed E-state index contributed by atoms with van der Waals surface area (Å²) >= 11 is 3.59. The van der Waals surface area contributed by atoms with Crippen LogP contribution >= 0.6 is 23.1 Å². The number of nitrogens with one attached hydrogen (secondary N) is 1. The molecular formula is C8H14N2S2. The van der Waals surface area contributed by atoms with Crippen LogP contribution in [0.15, 0.2) is 11.7 Å². The lowest BCUT2D eigenvalue weighted by Gasteiger charge is -2.07. The quantitative estimate of drug-likeness (QED) is 0.790. The average Bonchev–Trinajstić information content (AvgIpc) is 2.57. The summed E-state index contributed by atoms with van der Waals surface area (Å²) < 4.78 is 0. The summed E-state index contributed by atoms with van der Waals surface area (Å²) in [5.41, 5.74) is 1.87. The summed E-state index contributed by atoms with van der Waals surface area (Å²) in [5, 5.41) is 4.08. The fraction of sp³-hybridized carbons (Fsp3) is 0.625. The first-order chi connectivity index (χ1) is 5.83. The van der Waals surface area contributed by atoms with E-state index in [2.05, 4.69) is 23.5 Å². The van der Waals surface area contributed by atoms with E-state index in [0.29, 0.717) is 5.25 Å². The van der Waals surface area contributed by atoms with E-state index in [0.717, 1.165) is 13.1 Å². The van der Waals surface area contributed by atoms with Crippen LogP contribution in [0.5, 0.6) is 0 Å². The van der Waals surface area contributed by atoms with Crippen molar-refractivity contribution in [1.29, 1.82) is 0 Å². The molecule has 1 N–H and O–H groups in total. The smallest absolute Gasteiger partial charge is 0.0794 e. The molecule has 1 atom stereocenters. The van der Waals surface area contributed by atoms with E-state index < -0.39 is 0 Å². The third-order valence-electron chi connectivity index (χ3n) is 1.62. The Kier molecular flexibility index (Phi) is 4.65. The van der Waals surface area contributed by atoms with Gasteiger partial charge >= 0.3 is 0 Å². The molecule has 1 aromatic heterocycles. The van der Waals surface area contributed by atoms with Crippen molar-refractivity contribution in [2.45, 2.75) is 18.7 Å². The molecule has 1 unspecified atom stereocenters. The highest BCUT2D eigenvalue weighted by Crippen LogP contribution is 2.06. The first-order valence-electron chi connectivity index (χ1n) is 3.94. The summed E-state index contributed by atoms with van der Waals surface area (Å²) in [5.74, 6) is 0. The second-order valence-corrected chi connectivity index (χ2v) is 4.89. The first-order valence-corrected chi connectivity index (χ1v) is 6.10. The van der Waals surface area contributed by atoms with Crippen LogP contribution < -0.4 is 5.32 Å². The van der Waals surface area contributed by atoms with Gasteiger partial charge in [-0.15, -0.1) is 11.3 Å². The van der Waals surface area contributed by atoms with Crippen molar-refractivity contribution in [1.82, 2.24) is 10.3 Å². The van der Waals surface area contributed by atoms with Gasteiger partial charge in [-0.1, -0.05) is 6.92 Å². The third kappa shape index (κ3) is 3.56. The maximum atomic E-state index is 4.01. The van der Waals surface area contributed by atoms with E-state index in [-0.39, 0.29) is 0 Å². The Morgan fingerprint density at radius 3 is 3.17 bits per heavy atom. The third-order valence-corrected chi connectivity index (χ3v) is 3.37. The molecule has 0 saturated carbocycles. The molecule has 0 fully saturated rings. The van der Waals surface area contributed by atoms with E-state index in [1.165, 1.54) is 4.88 Å². The zero-order chi connectivity index (χ0) is 8.81. The number of nitrogens with zero attached hydrogens (tertiary/aromatic N) is 1. The van der Waals surface area contributed by atoms with Gasteiger partial charge in [-0.3, -0.25) is 4.98 Å². The van der Waals surface area contributed by atoms with Gasteiger partial charge in [-0.2, -0.15) is 11.8 Å². The van der Waals surface area contributed by atoms with Crippen LogP contribution in [0.25, 0.3) is 0 Å². The normalized spacial score (nSPS) is 13.2. The Hall–Kier alpha value is -0.0600. The lowest BCUT2D eigenvalue weighted by molar-refractivity contribution is 0.690. The molecule has 1 aromatic rings. The Morgan fingerprint density at radius 1 is 1.75 bits per heavy atom. The van der Waals surface area contributed by atoms with Gasteiger partial charge < -0.3 is 5.32 Å². The van der Waals surface area contributed by atoms with Crippen molar-refractivity contribution in [2.24, 2.45) is 0 Å². The summed E-state index contributed by atoms with van der Waals surface area (Å²) in [7, 11) is 0. The van der Waals surface area contributed by atoms with Crippen molar-refractivity contribution in [2.75, 3.05) is 12.8 Å². The molecule has 1 heterocycles. The molecular weight excluding hydrogens is 188 g/mol. The molecule has 0 aliphatic heterocycles. The highest BCUT2D eigenvalue weighted by molar-refractivity contribution is 7.99. The van der Waals surface area contributed by atoms with Gasteiger partial charge in [-0.05, 0) is 6.26 Å². The molecule has 0 aliphatic carbocycles. The van der Waals surface area contributed by atoms with E-state index in [1.54, 1.807) is 11.3 Å². The number of aromatic nitrogens is 1. The van der Waals surface area contributed by atoms with Gasteiger partial charge in [0.2, 0.25) is 0 Å². The van der Waals surface area contributed by atoms with Crippen molar-refractivity contribution < 1.29 is 0 Å². The summed E-state index contributed by atoms with van der Waals surface area (Å²) in [6, 6.07) is 0. The average molecular weight is 202 g/mol. The fourth-order valence-electron chi connectivity index (χ4n) is 0.811. The molecule has 68 valence electrons. The highest BCUT2D eigenvalue weighted by Gasteiger charge is 1.98. The van der Waals surface area contributed by atoms with Crippen molar-refractivity contribution >= 4 is 23.1 Å². The molecule has 12 heavy (non-hydrogen) atoms. The minimum atomic E-state index is 0.693. The van der Waals surface area contributed by atoms with Gasteiger partial charge in [0.1, 0.15) is 0 Å². The number of thioether (sulfide) groups is 1. The molecule has 0 bridgehead atoms. The number of rotatable bonds is 5. The minimum Gasteiger partial charge on any atom is -0.311 e. The molecule has 0 aliphatic rings. The second kappa shape index (κ2) is 5.56. The predicted octanol–water partition coefficient (Wildman–Crippen LogP) is 1.98. The van der Waals surface area contributed by atoms with Crippen LogP contribution in [0.3, 0.4) is 0 Å². The number of hydrogen-bond donors (Lipinski definition) is 1. The van der Waals surface area contributed by atoms with Gasteiger partial charge in [0.05, 0.1) is 5.51 Å². The standard InChI is InChI=1S/C8H14N2S2/c1-7(11-2)3-9-4-8-5-10-6-12-8/h5-7,9H,3-4H2,1-2H3. The Morgan fingerprint density at radius 2 is 2.58 bits per heavy atom. The van der Waals surface area contributed by atoms with Crippen LogP contribution in [-0.2, 0) is 6.54 Å². The molecule has 2 nitrogen and oxygen atoms in total. The van der Waals surface area contributed by atoms with Gasteiger partial charge in [0.25, 0.3) is 0 Å². The molecule has 4 heteroatoms. The summed E-state index contributed by atoms with van der Waals surface area (Å²) in [6.07, 6.45) is 4.06. The van der Waals surface area contributed by atoms with Crippen molar-refractivity contribution in [3.63, 3.8) is 0 Å². The Balaban J connectivity index is 2.11. The summed E-state index contributed by atoms with van der Waals surface area (Å²) in [4.78, 5) is 5.32. The van der Waals surface area contributed by atoms with Gasteiger partial charge in [0.15, 0.2) is 0 Å². The lowest BCUT2D eigenvalue weighted by atomic mass is 10.4. The van der Waals surface area contributed by atoms with Crippen LogP contribution in [0, 0.1) is 0 Å². The first kappa shape index (κ1) is 10.0. The molecule has 1 rings (SSSR count). The summed E-state index contributed by atoms with van der Waals surface area (Å²) in [6.45, 7) is 4.25. The van der Waals surface area contributed by atoms with Gasteiger partial charge in [-0.25, -0.2) is 0 Å². The van der Waals surface area contributed by atoms with E-state index in [9.17, 15) is 0 Å². The maximum Gasteiger partial charge on any atom is 0.0794 e. The SMILES string of the molecule is CSC(C)CNCc1cncs1. The van der Waals surface area contributed by atoms with Crippen LogP contribution in [-0.4, -0.2) is 23.0 Å². The Labute approximate surface area is 81.8 Å². The maximum absolute atomic E-state index is 4.01. The largest absolute Gasteiger partial charge is 0.311 e. The van der Waals surface area contributed by atoms with E-state index in [4.69, 9.17) is 0 Å². The van der Waals surface area contributed by atoms with Crippen molar-refractivity contribution in [3.8, 4) is 0 Å². The van der Waals surface area contributed by atoms with Crippen LogP contribution in [0.2, 0.25) is 0 Å². The zero-order valence-corrected chi connectivity index (χ0v) is 9.04. The topological polar surface area (TPSA) is 24.9 Å². The lowest BCUT2D eigenvalue weighted by Crippen LogP contribution is -2.21. The minimum absolute atomic E-state index is 0.693. The molecule has 0 amide bonds. The van der Waals surface area contributed by atoms with E-state index >= 15 is 0 Å². The zero-order valence-electron chi connectivity index (χ0n) is 7.41.